The van der Waals surface area contributed by atoms with Crippen molar-refractivity contribution in [2.75, 3.05) is 18.6 Å². The lowest BCUT2D eigenvalue weighted by Gasteiger charge is -2.32. The zero-order chi connectivity index (χ0) is 26.4. The Labute approximate surface area is 217 Å². The number of hydrogen-bond donors (Lipinski definition) is 1. The van der Waals surface area contributed by atoms with Crippen LogP contribution in [0.15, 0.2) is 72.8 Å². The standard InChI is InChI=1S/C29H33N5O3/c1-20(2)16-17-30-29(36)28(22-11-9-12-23(18-22)37-4)34(25-14-7-5-10-21(25)3)27(35)19-33-26-15-8-6-13-24(26)31-32-33/h5-15,18,20,28H,16-17,19H2,1-4H3,(H,30,36)/t28-/m0/s1. The molecular weight excluding hydrogens is 466 g/mol. The van der Waals surface area contributed by atoms with Crippen LogP contribution in [0.4, 0.5) is 5.69 Å². The van der Waals surface area contributed by atoms with Crippen LogP contribution >= 0.6 is 0 Å². The molecular formula is C29H33N5O3. The number of para-hydroxylation sites is 2. The minimum atomic E-state index is -0.911. The van der Waals surface area contributed by atoms with Crippen molar-refractivity contribution in [3.8, 4) is 5.75 Å². The molecule has 0 bridgehead atoms. The molecule has 0 saturated heterocycles. The second kappa shape index (κ2) is 11.7. The van der Waals surface area contributed by atoms with E-state index in [4.69, 9.17) is 4.74 Å². The number of fused-ring (bicyclic) bond motifs is 1. The van der Waals surface area contributed by atoms with E-state index in [1.165, 1.54) is 0 Å². The number of anilines is 1. The summed E-state index contributed by atoms with van der Waals surface area (Å²) >= 11 is 0. The quantitative estimate of drug-likeness (QED) is 0.342. The molecule has 0 unspecified atom stereocenters. The van der Waals surface area contributed by atoms with E-state index in [0.29, 0.717) is 35.0 Å². The van der Waals surface area contributed by atoms with Gasteiger partial charge in [-0.3, -0.25) is 14.5 Å². The Balaban J connectivity index is 1.79. The van der Waals surface area contributed by atoms with Crippen LogP contribution in [-0.4, -0.2) is 40.5 Å². The summed E-state index contributed by atoms with van der Waals surface area (Å²) in [6, 6.07) is 21.4. The van der Waals surface area contributed by atoms with Gasteiger partial charge < -0.3 is 10.1 Å². The van der Waals surface area contributed by atoms with Gasteiger partial charge in [0.1, 0.15) is 23.9 Å². The first-order valence-corrected chi connectivity index (χ1v) is 12.5. The van der Waals surface area contributed by atoms with Crippen molar-refractivity contribution >= 4 is 28.5 Å². The van der Waals surface area contributed by atoms with Crippen molar-refractivity contribution in [2.24, 2.45) is 5.92 Å². The van der Waals surface area contributed by atoms with E-state index in [-0.39, 0.29) is 18.4 Å². The Kier molecular flexibility index (Phi) is 8.18. The van der Waals surface area contributed by atoms with Crippen molar-refractivity contribution < 1.29 is 14.3 Å². The summed E-state index contributed by atoms with van der Waals surface area (Å²) in [5.74, 6) is 0.507. The average molecular weight is 500 g/mol. The summed E-state index contributed by atoms with van der Waals surface area (Å²) in [5.41, 5.74) is 3.64. The predicted octanol–water partition coefficient (Wildman–Crippen LogP) is 4.69. The molecule has 1 atom stereocenters. The molecule has 0 aliphatic carbocycles. The largest absolute Gasteiger partial charge is 0.497 e. The predicted molar refractivity (Wildman–Crippen MR) is 144 cm³/mol. The summed E-state index contributed by atoms with van der Waals surface area (Å²) in [5, 5.41) is 11.4. The molecule has 0 radical (unpaired) electrons. The second-order valence-corrected chi connectivity index (χ2v) is 9.44. The molecule has 0 aliphatic heterocycles. The molecule has 4 aromatic rings. The minimum absolute atomic E-state index is 0.0748. The number of carbonyl (C=O) groups excluding carboxylic acids is 2. The lowest BCUT2D eigenvalue weighted by molar-refractivity contribution is -0.127. The number of hydrogen-bond acceptors (Lipinski definition) is 5. The maximum absolute atomic E-state index is 14.1. The van der Waals surface area contributed by atoms with Crippen molar-refractivity contribution in [1.82, 2.24) is 20.3 Å². The van der Waals surface area contributed by atoms with Crippen LogP contribution in [0, 0.1) is 12.8 Å². The number of nitrogens with zero attached hydrogens (tertiary/aromatic N) is 4. The van der Waals surface area contributed by atoms with Crippen LogP contribution in [0.5, 0.6) is 5.75 Å². The van der Waals surface area contributed by atoms with Gasteiger partial charge in [0.25, 0.3) is 0 Å². The molecule has 3 aromatic carbocycles. The van der Waals surface area contributed by atoms with E-state index in [1.54, 1.807) is 22.8 Å². The van der Waals surface area contributed by atoms with Gasteiger partial charge in [-0.15, -0.1) is 5.10 Å². The molecule has 8 heteroatoms. The third-order valence-electron chi connectivity index (χ3n) is 6.29. The molecule has 0 saturated carbocycles. The van der Waals surface area contributed by atoms with Gasteiger partial charge in [0.15, 0.2) is 0 Å². The first kappa shape index (κ1) is 25.9. The summed E-state index contributed by atoms with van der Waals surface area (Å²) in [4.78, 5) is 29.5. The molecule has 1 heterocycles. The number of rotatable bonds is 10. The molecule has 192 valence electrons. The maximum Gasteiger partial charge on any atom is 0.249 e. The lowest BCUT2D eigenvalue weighted by atomic mass is 10.0. The number of carbonyl (C=O) groups is 2. The average Bonchev–Trinajstić information content (AvgIpc) is 3.30. The zero-order valence-electron chi connectivity index (χ0n) is 21.7. The zero-order valence-corrected chi connectivity index (χ0v) is 21.7. The van der Waals surface area contributed by atoms with E-state index in [0.717, 1.165) is 17.5 Å². The molecule has 1 N–H and O–H groups in total. The SMILES string of the molecule is COc1cccc([C@@H](C(=O)NCCC(C)C)N(C(=O)Cn2nnc3ccccc32)c2ccccc2C)c1. The fraction of sp³-hybridized carbons (Fsp3) is 0.310. The number of ether oxygens (including phenoxy) is 1. The van der Waals surface area contributed by atoms with Gasteiger partial charge in [-0.2, -0.15) is 0 Å². The number of benzene rings is 3. The summed E-state index contributed by atoms with van der Waals surface area (Å²) in [7, 11) is 1.58. The fourth-order valence-corrected chi connectivity index (χ4v) is 4.30. The highest BCUT2D eigenvalue weighted by Gasteiger charge is 2.34. The number of amides is 2. The van der Waals surface area contributed by atoms with Gasteiger partial charge >= 0.3 is 0 Å². The highest BCUT2D eigenvalue weighted by Crippen LogP contribution is 2.32. The van der Waals surface area contributed by atoms with E-state index >= 15 is 0 Å². The molecule has 2 amide bonds. The number of aryl methyl sites for hydroxylation is 1. The van der Waals surface area contributed by atoms with E-state index in [2.05, 4.69) is 29.5 Å². The van der Waals surface area contributed by atoms with Gasteiger partial charge in [0.2, 0.25) is 11.8 Å². The number of aromatic nitrogens is 3. The van der Waals surface area contributed by atoms with E-state index in [9.17, 15) is 9.59 Å². The van der Waals surface area contributed by atoms with Gasteiger partial charge in [0, 0.05) is 12.2 Å². The van der Waals surface area contributed by atoms with Gasteiger partial charge in [-0.1, -0.05) is 61.5 Å². The van der Waals surface area contributed by atoms with E-state index < -0.39 is 6.04 Å². The Morgan fingerprint density at radius 1 is 1.03 bits per heavy atom. The number of methoxy groups -OCH3 is 1. The van der Waals surface area contributed by atoms with Crippen LogP contribution in [0.1, 0.15) is 37.4 Å². The Morgan fingerprint density at radius 3 is 2.54 bits per heavy atom. The lowest BCUT2D eigenvalue weighted by Crippen LogP contribution is -2.46. The molecule has 37 heavy (non-hydrogen) atoms. The van der Waals surface area contributed by atoms with E-state index in [1.807, 2.05) is 73.7 Å². The normalized spacial score (nSPS) is 11.9. The third-order valence-corrected chi connectivity index (χ3v) is 6.29. The van der Waals surface area contributed by atoms with Crippen molar-refractivity contribution in [3.63, 3.8) is 0 Å². The van der Waals surface area contributed by atoms with Gasteiger partial charge in [-0.05, 0) is 60.7 Å². The smallest absolute Gasteiger partial charge is 0.249 e. The summed E-state index contributed by atoms with van der Waals surface area (Å²) in [6.07, 6.45) is 0.833. The second-order valence-electron chi connectivity index (χ2n) is 9.44. The highest BCUT2D eigenvalue weighted by atomic mass is 16.5. The Morgan fingerprint density at radius 2 is 1.78 bits per heavy atom. The van der Waals surface area contributed by atoms with Crippen molar-refractivity contribution in [2.45, 2.75) is 39.8 Å². The Bertz CT molecular complexity index is 1380. The maximum atomic E-state index is 14.1. The fourth-order valence-electron chi connectivity index (χ4n) is 4.30. The van der Waals surface area contributed by atoms with Crippen LogP contribution in [0.25, 0.3) is 11.0 Å². The molecule has 0 spiro atoms. The van der Waals surface area contributed by atoms with Gasteiger partial charge in [-0.25, -0.2) is 4.68 Å². The topological polar surface area (TPSA) is 89.4 Å². The highest BCUT2D eigenvalue weighted by molar-refractivity contribution is 6.02. The molecule has 0 fully saturated rings. The summed E-state index contributed by atoms with van der Waals surface area (Å²) < 4.78 is 7.01. The van der Waals surface area contributed by atoms with Crippen molar-refractivity contribution in [3.05, 3.63) is 83.9 Å². The first-order chi connectivity index (χ1) is 17.9. The molecule has 1 aromatic heterocycles. The Hall–Kier alpha value is -4.20. The molecule has 8 nitrogen and oxygen atoms in total. The van der Waals surface area contributed by atoms with Crippen molar-refractivity contribution in [1.29, 1.82) is 0 Å². The van der Waals surface area contributed by atoms with Crippen LogP contribution in [0.2, 0.25) is 0 Å². The first-order valence-electron chi connectivity index (χ1n) is 12.5. The van der Waals surface area contributed by atoms with Gasteiger partial charge in [0.05, 0.1) is 12.6 Å². The third kappa shape index (κ3) is 5.97. The van der Waals surface area contributed by atoms with Crippen LogP contribution in [-0.2, 0) is 16.1 Å². The van der Waals surface area contributed by atoms with Crippen LogP contribution in [0.3, 0.4) is 0 Å². The summed E-state index contributed by atoms with van der Waals surface area (Å²) in [6.45, 7) is 6.59. The molecule has 0 aliphatic rings. The minimum Gasteiger partial charge on any atom is -0.497 e. The monoisotopic (exact) mass is 499 g/mol. The number of nitrogens with one attached hydrogen (secondary N) is 1. The molecule has 4 rings (SSSR count). The van der Waals surface area contributed by atoms with Crippen LogP contribution < -0.4 is 15.0 Å².